The first-order valence-electron chi connectivity index (χ1n) is 4.27. The molecule has 0 atom stereocenters. The van der Waals surface area contributed by atoms with Crippen molar-refractivity contribution in [3.05, 3.63) is 29.3 Å². The first kappa shape index (κ1) is 11.6. The van der Waals surface area contributed by atoms with Gasteiger partial charge in [0.1, 0.15) is 17.7 Å². The zero-order valence-electron chi connectivity index (χ0n) is 8.10. The Balaban J connectivity index is 2.92. The molecule has 0 spiro atoms. The van der Waals surface area contributed by atoms with Crippen molar-refractivity contribution in [2.24, 2.45) is 0 Å². The third kappa shape index (κ3) is 3.03. The van der Waals surface area contributed by atoms with Gasteiger partial charge in [0, 0.05) is 5.56 Å². The van der Waals surface area contributed by atoms with Crippen molar-refractivity contribution in [1.29, 1.82) is 0 Å². The molecule has 1 rings (SSSR count). The van der Waals surface area contributed by atoms with E-state index in [0.29, 0.717) is 5.56 Å². The summed E-state index contributed by atoms with van der Waals surface area (Å²) in [6.45, 7) is 0. The van der Waals surface area contributed by atoms with Gasteiger partial charge >= 0.3 is 11.9 Å². The summed E-state index contributed by atoms with van der Waals surface area (Å²) in [5.41, 5.74) is 0.146. The average Bonchev–Trinajstić information content (AvgIpc) is 2.16. The van der Waals surface area contributed by atoms with E-state index in [-0.39, 0.29) is 12.0 Å². The van der Waals surface area contributed by atoms with E-state index >= 15 is 0 Å². The van der Waals surface area contributed by atoms with Gasteiger partial charge in [0.25, 0.3) is 0 Å². The highest BCUT2D eigenvalue weighted by molar-refractivity contribution is 5.90. The van der Waals surface area contributed by atoms with Gasteiger partial charge < -0.3 is 15.3 Å². The lowest BCUT2D eigenvalue weighted by Crippen LogP contribution is -1.96. The molecule has 0 saturated heterocycles. The number of aromatic carboxylic acids is 1. The highest BCUT2D eigenvalue weighted by Gasteiger charge is 2.08. The summed E-state index contributed by atoms with van der Waals surface area (Å²) >= 11 is 0. The molecule has 0 aliphatic carbocycles. The fraction of sp³-hybridized carbons (Fsp3) is 0.0909. The molecule has 0 saturated carbocycles. The number of hydrogen-bond acceptors (Lipinski definition) is 3. The van der Waals surface area contributed by atoms with Crippen LogP contribution in [0, 0.1) is 11.8 Å². The molecule has 0 radical (unpaired) electrons. The Labute approximate surface area is 91.0 Å². The third-order valence-corrected chi connectivity index (χ3v) is 1.70. The van der Waals surface area contributed by atoms with Crippen LogP contribution in [0.25, 0.3) is 0 Å². The smallest absolute Gasteiger partial charge is 0.339 e. The summed E-state index contributed by atoms with van der Waals surface area (Å²) in [5.74, 6) is 2.20. The van der Waals surface area contributed by atoms with Crippen LogP contribution < -0.4 is 0 Å². The topological polar surface area (TPSA) is 94.8 Å². The Bertz CT molecular complexity index is 493. The van der Waals surface area contributed by atoms with Crippen LogP contribution >= 0.6 is 0 Å². The normalized spacial score (nSPS) is 9.00. The van der Waals surface area contributed by atoms with E-state index in [1.54, 1.807) is 0 Å². The Morgan fingerprint density at radius 1 is 1.25 bits per heavy atom. The van der Waals surface area contributed by atoms with Gasteiger partial charge in [-0.1, -0.05) is 11.8 Å². The van der Waals surface area contributed by atoms with E-state index in [2.05, 4.69) is 11.8 Å². The lowest BCUT2D eigenvalue weighted by molar-refractivity contribution is -0.135. The predicted molar refractivity (Wildman–Crippen MR) is 54.2 cm³/mol. The average molecular weight is 220 g/mol. The Morgan fingerprint density at radius 2 is 1.94 bits per heavy atom. The number of rotatable bonds is 2. The summed E-state index contributed by atoms with van der Waals surface area (Å²) in [7, 11) is 0. The number of benzene rings is 1. The van der Waals surface area contributed by atoms with Gasteiger partial charge in [0.15, 0.2) is 0 Å². The van der Waals surface area contributed by atoms with E-state index in [9.17, 15) is 14.7 Å². The van der Waals surface area contributed by atoms with Crippen molar-refractivity contribution >= 4 is 11.9 Å². The van der Waals surface area contributed by atoms with Crippen LogP contribution in [0.1, 0.15) is 22.3 Å². The molecule has 0 aromatic heterocycles. The maximum atomic E-state index is 10.6. The molecule has 5 heteroatoms. The molecule has 0 fully saturated rings. The van der Waals surface area contributed by atoms with E-state index in [1.807, 2.05) is 0 Å². The van der Waals surface area contributed by atoms with Crippen LogP contribution in [0.5, 0.6) is 5.75 Å². The summed E-state index contributed by atoms with van der Waals surface area (Å²) in [6.07, 6.45) is -0.304. The summed E-state index contributed by atoms with van der Waals surface area (Å²) in [5, 5.41) is 26.3. The number of aliphatic carboxylic acids is 1. The number of phenols is 1. The van der Waals surface area contributed by atoms with Crippen LogP contribution in [0.3, 0.4) is 0 Å². The molecular weight excluding hydrogens is 212 g/mol. The lowest BCUT2D eigenvalue weighted by Gasteiger charge is -1.98. The molecule has 5 nitrogen and oxygen atoms in total. The molecular formula is C11H8O5. The van der Waals surface area contributed by atoms with Crippen LogP contribution in [-0.2, 0) is 4.79 Å². The summed E-state index contributed by atoms with van der Waals surface area (Å²) in [4.78, 5) is 20.7. The van der Waals surface area contributed by atoms with Crippen molar-refractivity contribution < 1.29 is 24.9 Å². The van der Waals surface area contributed by atoms with Gasteiger partial charge in [-0.2, -0.15) is 0 Å². The number of carbonyl (C=O) groups is 2. The highest BCUT2D eigenvalue weighted by atomic mass is 16.4. The quantitative estimate of drug-likeness (QED) is 0.644. The number of hydrogen-bond donors (Lipinski definition) is 3. The molecule has 0 unspecified atom stereocenters. The Kier molecular flexibility index (Phi) is 3.51. The first-order valence-corrected chi connectivity index (χ1v) is 4.27. The minimum Gasteiger partial charge on any atom is -0.507 e. The molecule has 0 bridgehead atoms. The van der Waals surface area contributed by atoms with Gasteiger partial charge in [-0.05, 0) is 18.2 Å². The van der Waals surface area contributed by atoms with Crippen LogP contribution in [-0.4, -0.2) is 27.3 Å². The largest absolute Gasteiger partial charge is 0.507 e. The fourth-order valence-corrected chi connectivity index (χ4v) is 1.01. The molecule has 3 N–H and O–H groups in total. The minimum absolute atomic E-state index is 0.219. The fourth-order valence-electron chi connectivity index (χ4n) is 1.01. The number of aromatic hydroxyl groups is 1. The second kappa shape index (κ2) is 4.84. The van der Waals surface area contributed by atoms with E-state index < -0.39 is 17.7 Å². The van der Waals surface area contributed by atoms with Gasteiger partial charge in [0.05, 0.1) is 0 Å². The SMILES string of the molecule is O=C(O)CC#Cc1ccc(C(=O)O)c(O)c1. The predicted octanol–water partition coefficient (Wildman–Crippen LogP) is 0.917. The second-order valence-corrected chi connectivity index (χ2v) is 2.91. The van der Waals surface area contributed by atoms with E-state index in [0.717, 1.165) is 0 Å². The highest BCUT2D eigenvalue weighted by Crippen LogP contribution is 2.18. The molecule has 0 aliphatic heterocycles. The second-order valence-electron chi connectivity index (χ2n) is 2.91. The van der Waals surface area contributed by atoms with Crippen molar-refractivity contribution in [1.82, 2.24) is 0 Å². The molecule has 16 heavy (non-hydrogen) atoms. The minimum atomic E-state index is -1.23. The Hall–Kier alpha value is -2.48. The summed E-state index contributed by atoms with van der Waals surface area (Å²) < 4.78 is 0. The van der Waals surface area contributed by atoms with Crippen molar-refractivity contribution in [2.75, 3.05) is 0 Å². The van der Waals surface area contributed by atoms with Crippen molar-refractivity contribution in [3.8, 4) is 17.6 Å². The monoisotopic (exact) mass is 220 g/mol. The molecule has 0 aliphatic rings. The van der Waals surface area contributed by atoms with Crippen LogP contribution in [0.4, 0.5) is 0 Å². The number of carboxylic acid groups (broad SMARTS) is 2. The van der Waals surface area contributed by atoms with E-state index in [4.69, 9.17) is 10.2 Å². The van der Waals surface area contributed by atoms with E-state index in [1.165, 1.54) is 18.2 Å². The standard InChI is InChI=1S/C11H8O5/c12-9-6-7(2-1-3-10(13)14)4-5-8(9)11(15)16/h4-6,12H,3H2,(H,13,14)(H,15,16). The Morgan fingerprint density at radius 3 is 2.44 bits per heavy atom. The number of carboxylic acids is 2. The third-order valence-electron chi connectivity index (χ3n) is 1.70. The van der Waals surface area contributed by atoms with Crippen LogP contribution in [0.15, 0.2) is 18.2 Å². The zero-order chi connectivity index (χ0) is 12.1. The molecule has 0 amide bonds. The van der Waals surface area contributed by atoms with Crippen molar-refractivity contribution in [2.45, 2.75) is 6.42 Å². The molecule has 82 valence electrons. The lowest BCUT2D eigenvalue weighted by atomic mass is 10.1. The molecule has 1 aromatic rings. The zero-order valence-corrected chi connectivity index (χ0v) is 8.10. The van der Waals surface area contributed by atoms with Gasteiger partial charge in [0.2, 0.25) is 0 Å². The van der Waals surface area contributed by atoms with Gasteiger partial charge in [-0.15, -0.1) is 0 Å². The molecule has 1 aromatic carbocycles. The van der Waals surface area contributed by atoms with Crippen LogP contribution in [0.2, 0.25) is 0 Å². The van der Waals surface area contributed by atoms with Crippen molar-refractivity contribution in [3.63, 3.8) is 0 Å². The maximum Gasteiger partial charge on any atom is 0.339 e. The van der Waals surface area contributed by atoms with Gasteiger partial charge in [-0.3, -0.25) is 4.79 Å². The summed E-state index contributed by atoms with van der Waals surface area (Å²) in [6, 6.07) is 3.79. The van der Waals surface area contributed by atoms with Gasteiger partial charge in [-0.25, -0.2) is 4.79 Å². The molecule has 0 heterocycles. The maximum absolute atomic E-state index is 10.6. The first-order chi connectivity index (χ1) is 7.50.